The highest BCUT2D eigenvalue weighted by Gasteiger charge is 2.53. The van der Waals surface area contributed by atoms with Crippen LogP contribution in [-0.4, -0.2) is 47.3 Å². The second kappa shape index (κ2) is 8.87. The van der Waals surface area contributed by atoms with Gasteiger partial charge in [-0.1, -0.05) is 0 Å². The maximum atomic E-state index is 14.0. The van der Waals surface area contributed by atoms with E-state index >= 15 is 0 Å². The summed E-state index contributed by atoms with van der Waals surface area (Å²) in [4.78, 5) is 4.15. The molecule has 194 valence electrons. The molecule has 5 rings (SSSR count). The van der Waals surface area contributed by atoms with Gasteiger partial charge in [-0.05, 0) is 51.8 Å². The van der Waals surface area contributed by atoms with Gasteiger partial charge in [0.2, 0.25) is 0 Å². The number of methoxy groups -OCH3 is 1. The molecule has 1 aliphatic rings. The molecule has 1 N–H and O–H groups in total. The van der Waals surface area contributed by atoms with Crippen molar-refractivity contribution in [1.29, 1.82) is 0 Å². The Bertz CT molecular complexity index is 1460. The number of hydrogen-bond acceptors (Lipinski definition) is 7. The Labute approximate surface area is 210 Å². The third-order valence-corrected chi connectivity index (χ3v) is 6.55. The number of halogens is 3. The molecule has 0 saturated carbocycles. The summed E-state index contributed by atoms with van der Waals surface area (Å²) in [6.07, 6.45) is 2.41. The van der Waals surface area contributed by atoms with Crippen LogP contribution in [0.25, 0.3) is 17.1 Å². The van der Waals surface area contributed by atoms with Gasteiger partial charge in [0.15, 0.2) is 34.7 Å². The Morgan fingerprint density at radius 3 is 2.43 bits per heavy atom. The van der Waals surface area contributed by atoms with Crippen molar-refractivity contribution >= 4 is 0 Å². The lowest BCUT2D eigenvalue weighted by Crippen LogP contribution is -2.55. The molecule has 0 bridgehead atoms. The van der Waals surface area contributed by atoms with Gasteiger partial charge in [0, 0.05) is 24.2 Å². The first-order chi connectivity index (χ1) is 17.5. The summed E-state index contributed by atoms with van der Waals surface area (Å²) in [6.45, 7) is 5.33. The Kier molecular flexibility index (Phi) is 5.94. The van der Waals surface area contributed by atoms with E-state index in [1.54, 1.807) is 35.7 Å². The average Bonchev–Trinajstić information content (AvgIpc) is 3.48. The summed E-state index contributed by atoms with van der Waals surface area (Å²) in [6, 6.07) is 6.93. The Hall–Kier alpha value is -3.93. The van der Waals surface area contributed by atoms with Crippen LogP contribution in [0.2, 0.25) is 0 Å². The van der Waals surface area contributed by atoms with Gasteiger partial charge in [0.1, 0.15) is 34.9 Å². The normalized spacial score (nSPS) is 17.5. The van der Waals surface area contributed by atoms with Crippen molar-refractivity contribution in [2.24, 2.45) is 0 Å². The SMILES string of the molecule is COc1cc(-c2nnc3n2CCCC3(Oc2cc(F)c(F)c(F)c2)C(C)(C)O)ccc1-n1cnc(C)n1. The molecule has 4 aromatic rings. The standard InChI is InChI=1S/C25H25F3N6O3/c1-14-29-13-34(32-14)19-7-6-15(10-20(19)36-4)22-30-31-23-25(24(2,3)35,8-5-9-33(22)23)37-16-11-17(26)21(28)18(27)12-16/h6-7,10-13,35H,5,8-9H2,1-4H3. The second-order valence-electron chi connectivity index (χ2n) is 9.41. The molecule has 0 fully saturated rings. The molecular weight excluding hydrogens is 489 g/mol. The van der Waals surface area contributed by atoms with Crippen LogP contribution < -0.4 is 9.47 Å². The summed E-state index contributed by atoms with van der Waals surface area (Å²) in [7, 11) is 1.54. The maximum Gasteiger partial charge on any atom is 0.196 e. The first-order valence-corrected chi connectivity index (χ1v) is 11.6. The van der Waals surface area contributed by atoms with Gasteiger partial charge in [0.25, 0.3) is 0 Å². The predicted molar refractivity (Wildman–Crippen MR) is 126 cm³/mol. The number of aliphatic hydroxyl groups is 1. The van der Waals surface area contributed by atoms with Crippen LogP contribution in [0.5, 0.6) is 11.5 Å². The molecule has 2 aromatic heterocycles. The van der Waals surface area contributed by atoms with Crippen LogP contribution in [0.15, 0.2) is 36.7 Å². The smallest absolute Gasteiger partial charge is 0.196 e. The zero-order chi connectivity index (χ0) is 26.5. The quantitative estimate of drug-likeness (QED) is 0.387. The molecule has 3 heterocycles. The Morgan fingerprint density at radius 1 is 1.08 bits per heavy atom. The van der Waals surface area contributed by atoms with Gasteiger partial charge in [-0.2, -0.15) is 5.10 Å². The molecule has 1 atom stereocenters. The minimum Gasteiger partial charge on any atom is -0.494 e. The van der Waals surface area contributed by atoms with Crippen molar-refractivity contribution in [3.63, 3.8) is 0 Å². The van der Waals surface area contributed by atoms with Crippen molar-refractivity contribution in [3.05, 3.63) is 65.8 Å². The molecule has 2 aromatic carbocycles. The van der Waals surface area contributed by atoms with Crippen LogP contribution in [0.1, 0.15) is 38.3 Å². The van der Waals surface area contributed by atoms with Gasteiger partial charge in [-0.15, -0.1) is 10.2 Å². The van der Waals surface area contributed by atoms with Crippen molar-refractivity contribution in [2.75, 3.05) is 7.11 Å². The van der Waals surface area contributed by atoms with E-state index in [0.717, 1.165) is 12.1 Å². The van der Waals surface area contributed by atoms with Crippen molar-refractivity contribution < 1.29 is 27.8 Å². The first kappa shape index (κ1) is 24.8. The predicted octanol–water partition coefficient (Wildman–Crippen LogP) is 4.10. The summed E-state index contributed by atoms with van der Waals surface area (Å²) in [5.74, 6) is -2.76. The number of aryl methyl sites for hydroxylation is 1. The number of aromatic nitrogens is 6. The highest BCUT2D eigenvalue weighted by Crippen LogP contribution is 2.45. The van der Waals surface area contributed by atoms with E-state index in [2.05, 4.69) is 20.3 Å². The molecule has 0 amide bonds. The highest BCUT2D eigenvalue weighted by molar-refractivity contribution is 5.63. The van der Waals surface area contributed by atoms with Gasteiger partial charge >= 0.3 is 0 Å². The number of rotatable bonds is 6. The fourth-order valence-corrected chi connectivity index (χ4v) is 4.69. The molecule has 0 radical (unpaired) electrons. The monoisotopic (exact) mass is 514 g/mol. The third-order valence-electron chi connectivity index (χ3n) is 6.55. The van der Waals surface area contributed by atoms with Crippen molar-refractivity contribution in [3.8, 4) is 28.6 Å². The molecule has 1 unspecified atom stereocenters. The molecule has 0 aliphatic carbocycles. The number of nitrogens with zero attached hydrogens (tertiary/aromatic N) is 6. The fraction of sp³-hybridized carbons (Fsp3) is 0.360. The van der Waals surface area contributed by atoms with Crippen LogP contribution in [0.4, 0.5) is 13.2 Å². The molecule has 0 spiro atoms. The number of fused-ring (bicyclic) bond motifs is 1. The van der Waals surface area contributed by atoms with E-state index in [9.17, 15) is 18.3 Å². The molecule has 9 nitrogen and oxygen atoms in total. The first-order valence-electron chi connectivity index (χ1n) is 11.6. The summed E-state index contributed by atoms with van der Waals surface area (Å²) < 4.78 is 56.5. The maximum absolute atomic E-state index is 14.0. The van der Waals surface area contributed by atoms with Crippen molar-refractivity contribution in [2.45, 2.75) is 51.4 Å². The van der Waals surface area contributed by atoms with Crippen LogP contribution in [0, 0.1) is 24.4 Å². The lowest BCUT2D eigenvalue weighted by Gasteiger charge is -2.44. The van der Waals surface area contributed by atoms with E-state index in [0.29, 0.717) is 41.6 Å². The molecule has 0 saturated heterocycles. The summed E-state index contributed by atoms with van der Waals surface area (Å²) in [5.41, 5.74) is -1.71. The van der Waals surface area contributed by atoms with Crippen molar-refractivity contribution in [1.82, 2.24) is 29.5 Å². The lowest BCUT2D eigenvalue weighted by molar-refractivity contribution is -0.137. The average molecular weight is 515 g/mol. The molecular formula is C25H25F3N6O3. The van der Waals surface area contributed by atoms with E-state index < -0.39 is 28.7 Å². The van der Waals surface area contributed by atoms with Crippen LogP contribution in [-0.2, 0) is 12.1 Å². The Morgan fingerprint density at radius 2 is 1.81 bits per heavy atom. The van der Waals surface area contributed by atoms with Crippen LogP contribution in [0.3, 0.4) is 0 Å². The third kappa shape index (κ3) is 4.10. The molecule has 37 heavy (non-hydrogen) atoms. The summed E-state index contributed by atoms with van der Waals surface area (Å²) >= 11 is 0. The minimum absolute atomic E-state index is 0.273. The van der Waals surface area contributed by atoms with E-state index in [4.69, 9.17) is 9.47 Å². The molecule has 1 aliphatic heterocycles. The fourth-order valence-electron chi connectivity index (χ4n) is 4.69. The van der Waals surface area contributed by atoms with E-state index in [-0.39, 0.29) is 18.0 Å². The highest BCUT2D eigenvalue weighted by atomic mass is 19.2. The van der Waals surface area contributed by atoms with Gasteiger partial charge in [-0.3, -0.25) is 0 Å². The summed E-state index contributed by atoms with van der Waals surface area (Å²) in [5, 5.41) is 24.3. The zero-order valence-electron chi connectivity index (χ0n) is 20.7. The van der Waals surface area contributed by atoms with E-state index in [1.807, 2.05) is 12.1 Å². The number of benzene rings is 2. The number of hydrogen-bond donors (Lipinski definition) is 1. The second-order valence-corrected chi connectivity index (χ2v) is 9.41. The Balaban J connectivity index is 1.60. The molecule has 12 heteroatoms. The topological polar surface area (TPSA) is 100 Å². The largest absolute Gasteiger partial charge is 0.494 e. The van der Waals surface area contributed by atoms with Gasteiger partial charge in [0.05, 0.1) is 7.11 Å². The minimum atomic E-state index is -1.60. The van der Waals surface area contributed by atoms with Gasteiger partial charge < -0.3 is 19.1 Å². The van der Waals surface area contributed by atoms with E-state index in [1.165, 1.54) is 13.8 Å². The lowest BCUT2D eigenvalue weighted by atomic mass is 9.79. The van der Waals surface area contributed by atoms with Crippen LogP contribution >= 0.6 is 0 Å². The zero-order valence-corrected chi connectivity index (χ0v) is 20.7. The number of ether oxygens (including phenoxy) is 2. The van der Waals surface area contributed by atoms with Gasteiger partial charge in [-0.25, -0.2) is 22.8 Å².